The van der Waals surface area contributed by atoms with Crippen LogP contribution in [-0.4, -0.2) is 40.1 Å². The van der Waals surface area contributed by atoms with E-state index in [0.29, 0.717) is 23.5 Å². The summed E-state index contributed by atoms with van der Waals surface area (Å²) in [6, 6.07) is 11.0. The summed E-state index contributed by atoms with van der Waals surface area (Å²) in [5.74, 6) is -0.423. The number of hydrogen-bond donors (Lipinski definition) is 3. The number of rotatable bonds is 5. The van der Waals surface area contributed by atoms with E-state index in [4.69, 9.17) is 5.73 Å². The van der Waals surface area contributed by atoms with Gasteiger partial charge in [0, 0.05) is 18.7 Å². The van der Waals surface area contributed by atoms with Crippen LogP contribution in [0.2, 0.25) is 0 Å². The van der Waals surface area contributed by atoms with Crippen LogP contribution in [0.15, 0.2) is 48.7 Å². The molecular formula is C21H21FN6O2. The van der Waals surface area contributed by atoms with Gasteiger partial charge in [-0.2, -0.15) is 5.10 Å². The van der Waals surface area contributed by atoms with Gasteiger partial charge in [0.25, 0.3) is 5.91 Å². The molecule has 0 radical (unpaired) electrons. The van der Waals surface area contributed by atoms with Crippen LogP contribution in [0.3, 0.4) is 0 Å². The number of anilines is 2. The molecule has 154 valence electrons. The van der Waals surface area contributed by atoms with E-state index in [9.17, 15) is 14.0 Å². The highest BCUT2D eigenvalue weighted by Crippen LogP contribution is 2.23. The summed E-state index contributed by atoms with van der Waals surface area (Å²) in [6.07, 6.45) is 3.24. The molecule has 3 heterocycles. The average molecular weight is 408 g/mol. The van der Waals surface area contributed by atoms with Crippen molar-refractivity contribution >= 4 is 23.3 Å². The van der Waals surface area contributed by atoms with Crippen molar-refractivity contribution in [3.05, 3.63) is 60.2 Å². The van der Waals surface area contributed by atoms with Crippen LogP contribution < -0.4 is 16.0 Å². The molecule has 4 N–H and O–H groups in total. The smallest absolute Gasteiger partial charge is 0.273 e. The van der Waals surface area contributed by atoms with Gasteiger partial charge in [-0.1, -0.05) is 0 Å². The van der Waals surface area contributed by atoms with Crippen molar-refractivity contribution in [2.75, 3.05) is 23.3 Å². The van der Waals surface area contributed by atoms with Crippen molar-refractivity contribution in [2.24, 2.45) is 11.7 Å². The predicted molar refractivity (Wildman–Crippen MR) is 110 cm³/mol. The maximum absolute atomic E-state index is 13.1. The number of amides is 2. The highest BCUT2D eigenvalue weighted by Gasteiger charge is 2.24. The molecule has 1 unspecified atom stereocenters. The zero-order valence-corrected chi connectivity index (χ0v) is 16.1. The van der Waals surface area contributed by atoms with Crippen LogP contribution >= 0.6 is 0 Å². The van der Waals surface area contributed by atoms with Crippen LogP contribution in [0.4, 0.5) is 15.9 Å². The molecule has 3 aromatic rings. The lowest BCUT2D eigenvalue weighted by Crippen LogP contribution is -2.41. The number of aromatic nitrogens is 3. The lowest BCUT2D eigenvalue weighted by atomic mass is 9.97. The van der Waals surface area contributed by atoms with E-state index in [2.05, 4.69) is 20.5 Å². The quantitative estimate of drug-likeness (QED) is 0.600. The number of nitrogens with one attached hydrogen (secondary N) is 2. The predicted octanol–water partition coefficient (Wildman–Crippen LogP) is 2.56. The van der Waals surface area contributed by atoms with E-state index in [0.717, 1.165) is 25.2 Å². The first-order valence-corrected chi connectivity index (χ1v) is 9.62. The number of nitrogens with zero attached hydrogens (tertiary/aromatic N) is 3. The molecule has 1 saturated heterocycles. The van der Waals surface area contributed by atoms with E-state index in [-0.39, 0.29) is 29.2 Å². The molecule has 30 heavy (non-hydrogen) atoms. The summed E-state index contributed by atoms with van der Waals surface area (Å²) < 4.78 is 13.1. The number of carbonyl (C=O) groups excluding carboxylic acids is 2. The summed E-state index contributed by atoms with van der Waals surface area (Å²) in [5, 5.41) is 9.56. The second-order valence-electron chi connectivity index (χ2n) is 7.22. The monoisotopic (exact) mass is 408 g/mol. The minimum Gasteiger partial charge on any atom is -0.369 e. The zero-order valence-electron chi connectivity index (χ0n) is 16.1. The molecule has 1 fully saturated rings. The first-order valence-electron chi connectivity index (χ1n) is 9.62. The number of halogens is 1. The molecule has 9 heteroatoms. The summed E-state index contributed by atoms with van der Waals surface area (Å²) >= 11 is 0. The minimum absolute atomic E-state index is 0.171. The number of nitrogens with two attached hydrogens (primary N) is 1. The van der Waals surface area contributed by atoms with Gasteiger partial charge in [0.1, 0.15) is 17.3 Å². The van der Waals surface area contributed by atoms with Gasteiger partial charge < -0.3 is 16.0 Å². The molecule has 8 nitrogen and oxygen atoms in total. The third-order valence-electron chi connectivity index (χ3n) is 5.12. The molecular weight excluding hydrogens is 387 g/mol. The SMILES string of the molecule is NC(=O)C1CCCN(c2ccc(NC(=O)c3cc(-c4ccc(F)cc4)n[nH]3)cn2)C1. The van der Waals surface area contributed by atoms with Crippen LogP contribution in [0.5, 0.6) is 0 Å². The molecule has 0 saturated carbocycles. The molecule has 0 spiro atoms. The van der Waals surface area contributed by atoms with Crippen LogP contribution in [-0.2, 0) is 4.79 Å². The summed E-state index contributed by atoms with van der Waals surface area (Å²) in [6.45, 7) is 1.36. The van der Waals surface area contributed by atoms with Gasteiger partial charge in [-0.3, -0.25) is 14.7 Å². The van der Waals surface area contributed by atoms with Crippen molar-refractivity contribution in [3.8, 4) is 11.3 Å². The number of carbonyl (C=O) groups is 2. The number of H-pyrrole nitrogens is 1. The summed E-state index contributed by atoms with van der Waals surface area (Å²) in [5.41, 5.74) is 7.48. The maximum Gasteiger partial charge on any atom is 0.273 e. The van der Waals surface area contributed by atoms with Gasteiger partial charge >= 0.3 is 0 Å². The molecule has 1 aliphatic rings. The molecule has 4 rings (SSSR count). The van der Waals surface area contributed by atoms with Gasteiger partial charge in [-0.05, 0) is 55.3 Å². The van der Waals surface area contributed by atoms with Gasteiger partial charge in [0.05, 0.1) is 23.5 Å². The fourth-order valence-electron chi connectivity index (χ4n) is 3.47. The molecule has 2 amide bonds. The summed E-state index contributed by atoms with van der Waals surface area (Å²) in [4.78, 5) is 30.4. The minimum atomic E-state index is -0.364. The van der Waals surface area contributed by atoms with E-state index < -0.39 is 0 Å². The lowest BCUT2D eigenvalue weighted by molar-refractivity contribution is -0.122. The standard InChI is InChI=1S/C21H21FN6O2/c22-15-5-3-13(4-6-15)17-10-18(27-26-17)21(30)25-16-7-8-19(24-11-16)28-9-1-2-14(12-28)20(23)29/h3-8,10-11,14H,1-2,9,12H2,(H2,23,29)(H,25,30)(H,26,27). The van der Waals surface area contributed by atoms with E-state index >= 15 is 0 Å². The van der Waals surface area contributed by atoms with Crippen molar-refractivity contribution in [1.82, 2.24) is 15.2 Å². The maximum atomic E-state index is 13.1. The highest BCUT2D eigenvalue weighted by atomic mass is 19.1. The highest BCUT2D eigenvalue weighted by molar-refractivity contribution is 6.03. The number of hydrogen-bond acceptors (Lipinski definition) is 5. The van der Waals surface area contributed by atoms with E-state index in [1.807, 2.05) is 4.90 Å². The Morgan fingerprint density at radius 2 is 2.00 bits per heavy atom. The Hall–Kier alpha value is -3.75. The number of aromatic amines is 1. The Morgan fingerprint density at radius 3 is 2.70 bits per heavy atom. The molecule has 1 atom stereocenters. The zero-order chi connectivity index (χ0) is 21.1. The Morgan fingerprint density at radius 1 is 1.20 bits per heavy atom. The molecule has 0 bridgehead atoms. The van der Waals surface area contributed by atoms with Crippen molar-refractivity contribution in [3.63, 3.8) is 0 Å². The second-order valence-corrected chi connectivity index (χ2v) is 7.22. The third kappa shape index (κ3) is 4.29. The van der Waals surface area contributed by atoms with Gasteiger partial charge in [-0.25, -0.2) is 9.37 Å². The Balaban J connectivity index is 1.40. The van der Waals surface area contributed by atoms with Crippen molar-refractivity contribution < 1.29 is 14.0 Å². The van der Waals surface area contributed by atoms with E-state index in [1.165, 1.54) is 12.1 Å². The Labute approximate surface area is 172 Å². The lowest BCUT2D eigenvalue weighted by Gasteiger charge is -2.32. The van der Waals surface area contributed by atoms with Crippen molar-refractivity contribution in [2.45, 2.75) is 12.8 Å². The summed E-state index contributed by atoms with van der Waals surface area (Å²) in [7, 11) is 0. The third-order valence-corrected chi connectivity index (χ3v) is 5.12. The largest absolute Gasteiger partial charge is 0.369 e. The first-order chi connectivity index (χ1) is 14.5. The van der Waals surface area contributed by atoms with Gasteiger partial charge in [0.15, 0.2) is 0 Å². The van der Waals surface area contributed by atoms with Crippen molar-refractivity contribution in [1.29, 1.82) is 0 Å². The van der Waals surface area contributed by atoms with E-state index in [1.54, 1.807) is 36.5 Å². The Bertz CT molecular complexity index is 1050. The topological polar surface area (TPSA) is 117 Å². The average Bonchev–Trinajstić information content (AvgIpc) is 3.25. The number of primary amides is 1. The first kappa shape index (κ1) is 19.6. The molecule has 2 aromatic heterocycles. The fourth-order valence-corrected chi connectivity index (χ4v) is 3.47. The number of benzene rings is 1. The molecule has 1 aromatic carbocycles. The normalized spacial score (nSPS) is 16.3. The van der Waals surface area contributed by atoms with Crippen LogP contribution in [0.1, 0.15) is 23.3 Å². The van der Waals surface area contributed by atoms with Gasteiger partial charge in [-0.15, -0.1) is 0 Å². The van der Waals surface area contributed by atoms with Gasteiger partial charge in [0.2, 0.25) is 5.91 Å². The molecule has 0 aliphatic carbocycles. The molecule has 1 aliphatic heterocycles. The Kier molecular flexibility index (Phi) is 5.42. The number of pyridine rings is 1. The number of piperidine rings is 1. The second kappa shape index (κ2) is 8.32. The fraction of sp³-hybridized carbons (Fsp3) is 0.238. The van der Waals surface area contributed by atoms with Crippen LogP contribution in [0, 0.1) is 11.7 Å². The van der Waals surface area contributed by atoms with Crippen LogP contribution in [0.25, 0.3) is 11.3 Å².